The number of nitrogens with one attached hydrogen (secondary N) is 1. The number of carbonyl (C=O) groups is 1. The van der Waals surface area contributed by atoms with E-state index in [0.717, 1.165) is 6.54 Å². The Bertz CT molecular complexity index is 869. The van der Waals surface area contributed by atoms with Crippen molar-refractivity contribution in [3.8, 4) is 5.69 Å². The van der Waals surface area contributed by atoms with Crippen molar-refractivity contribution >= 4 is 23.2 Å². The van der Waals surface area contributed by atoms with E-state index in [2.05, 4.69) is 20.5 Å². The molecule has 0 saturated heterocycles. The van der Waals surface area contributed by atoms with E-state index in [9.17, 15) is 4.79 Å². The summed E-state index contributed by atoms with van der Waals surface area (Å²) in [6.45, 7) is 4.65. The molecule has 0 aliphatic rings. The minimum atomic E-state index is -0.383. The van der Waals surface area contributed by atoms with Gasteiger partial charge in [0.1, 0.15) is 5.82 Å². The van der Waals surface area contributed by atoms with Crippen molar-refractivity contribution in [3.63, 3.8) is 0 Å². The molecule has 3 aromatic rings. The summed E-state index contributed by atoms with van der Waals surface area (Å²) in [5, 5.41) is 11.7. The van der Waals surface area contributed by atoms with Crippen LogP contribution in [0, 0.1) is 0 Å². The Morgan fingerprint density at radius 1 is 1.29 bits per heavy atom. The van der Waals surface area contributed by atoms with Gasteiger partial charge in [-0.25, -0.2) is 9.67 Å². The molecule has 1 N–H and O–H groups in total. The predicted molar refractivity (Wildman–Crippen MR) is 91.6 cm³/mol. The van der Waals surface area contributed by atoms with Crippen molar-refractivity contribution < 1.29 is 4.79 Å². The minimum Gasteiger partial charge on any atom is -0.316 e. The second-order valence-electron chi connectivity index (χ2n) is 5.11. The SMILES string of the molecule is CCc1nc(C(=O)Nc2cnn(CC)c2)nn1-c1ccccc1Cl. The predicted octanol–water partition coefficient (Wildman–Crippen LogP) is 2.95. The molecule has 2 heterocycles. The molecule has 124 valence electrons. The highest BCUT2D eigenvalue weighted by molar-refractivity contribution is 6.32. The summed E-state index contributed by atoms with van der Waals surface area (Å²) < 4.78 is 3.33. The first-order valence-corrected chi connectivity index (χ1v) is 8.04. The molecule has 0 saturated carbocycles. The third-order valence-electron chi connectivity index (χ3n) is 3.49. The quantitative estimate of drug-likeness (QED) is 0.772. The van der Waals surface area contributed by atoms with E-state index in [1.54, 1.807) is 27.8 Å². The minimum absolute atomic E-state index is 0.0935. The number of hydrogen-bond acceptors (Lipinski definition) is 4. The van der Waals surface area contributed by atoms with Gasteiger partial charge in [0.15, 0.2) is 0 Å². The van der Waals surface area contributed by atoms with Crippen LogP contribution in [-0.4, -0.2) is 30.5 Å². The first-order valence-electron chi connectivity index (χ1n) is 7.67. The van der Waals surface area contributed by atoms with Gasteiger partial charge in [0.2, 0.25) is 5.82 Å². The number of nitrogens with zero attached hydrogens (tertiary/aromatic N) is 5. The molecular weight excluding hydrogens is 328 g/mol. The number of aromatic nitrogens is 5. The molecule has 8 heteroatoms. The Morgan fingerprint density at radius 2 is 2.08 bits per heavy atom. The molecule has 0 fully saturated rings. The monoisotopic (exact) mass is 344 g/mol. The zero-order chi connectivity index (χ0) is 17.1. The molecule has 2 aromatic heterocycles. The zero-order valence-electron chi connectivity index (χ0n) is 13.4. The first kappa shape index (κ1) is 16.2. The maximum atomic E-state index is 12.4. The van der Waals surface area contributed by atoms with Crippen LogP contribution in [-0.2, 0) is 13.0 Å². The van der Waals surface area contributed by atoms with Crippen LogP contribution in [0.4, 0.5) is 5.69 Å². The topological polar surface area (TPSA) is 77.6 Å². The summed E-state index contributed by atoms with van der Waals surface area (Å²) in [4.78, 5) is 16.7. The number of anilines is 1. The molecule has 24 heavy (non-hydrogen) atoms. The van der Waals surface area contributed by atoms with Gasteiger partial charge in [-0.3, -0.25) is 9.48 Å². The van der Waals surface area contributed by atoms with Crippen molar-refractivity contribution in [2.24, 2.45) is 0 Å². The third-order valence-corrected chi connectivity index (χ3v) is 3.81. The van der Waals surface area contributed by atoms with Crippen LogP contribution in [0.25, 0.3) is 5.69 Å². The van der Waals surface area contributed by atoms with Gasteiger partial charge in [-0.2, -0.15) is 5.10 Å². The van der Waals surface area contributed by atoms with Crippen molar-refractivity contribution in [2.45, 2.75) is 26.8 Å². The Kier molecular flexibility index (Phi) is 4.61. The molecule has 0 bridgehead atoms. The van der Waals surface area contributed by atoms with Crippen LogP contribution >= 0.6 is 11.6 Å². The number of halogens is 1. The lowest BCUT2D eigenvalue weighted by atomic mass is 10.3. The number of benzene rings is 1. The second kappa shape index (κ2) is 6.84. The van der Waals surface area contributed by atoms with Crippen molar-refractivity contribution in [2.75, 3.05) is 5.32 Å². The summed E-state index contributed by atoms with van der Waals surface area (Å²) in [7, 11) is 0. The van der Waals surface area contributed by atoms with E-state index in [1.165, 1.54) is 0 Å². The third kappa shape index (κ3) is 3.16. The number of rotatable bonds is 5. The summed E-state index contributed by atoms with van der Waals surface area (Å²) in [5.74, 6) is 0.375. The second-order valence-corrected chi connectivity index (χ2v) is 5.51. The van der Waals surface area contributed by atoms with Gasteiger partial charge in [0.05, 0.1) is 22.6 Å². The van der Waals surface area contributed by atoms with E-state index in [1.807, 2.05) is 32.0 Å². The summed E-state index contributed by atoms with van der Waals surface area (Å²) in [6, 6.07) is 7.31. The summed E-state index contributed by atoms with van der Waals surface area (Å²) in [5.41, 5.74) is 1.30. The van der Waals surface area contributed by atoms with Crippen LogP contribution in [0.3, 0.4) is 0 Å². The van der Waals surface area contributed by atoms with Gasteiger partial charge >= 0.3 is 0 Å². The fourth-order valence-electron chi connectivity index (χ4n) is 2.27. The highest BCUT2D eigenvalue weighted by Crippen LogP contribution is 2.21. The summed E-state index contributed by atoms with van der Waals surface area (Å²) in [6.07, 6.45) is 3.97. The molecule has 1 aromatic carbocycles. The highest BCUT2D eigenvalue weighted by atomic mass is 35.5. The first-order chi connectivity index (χ1) is 11.6. The van der Waals surface area contributed by atoms with Crippen LogP contribution < -0.4 is 5.32 Å². The number of aryl methyl sites for hydroxylation is 2. The maximum Gasteiger partial charge on any atom is 0.295 e. The van der Waals surface area contributed by atoms with Crippen LogP contribution in [0.15, 0.2) is 36.7 Å². The normalized spacial score (nSPS) is 10.8. The Balaban J connectivity index is 1.89. The fraction of sp³-hybridized carbons (Fsp3) is 0.250. The van der Waals surface area contributed by atoms with Gasteiger partial charge in [-0.15, -0.1) is 5.10 Å². The maximum absolute atomic E-state index is 12.4. The Morgan fingerprint density at radius 3 is 2.75 bits per heavy atom. The standard InChI is InChI=1S/C16H17ClN6O/c1-3-14-20-15(16(24)19-11-9-18-22(4-2)10-11)21-23(14)13-8-6-5-7-12(13)17/h5-10H,3-4H2,1-2H3,(H,19,24). The molecule has 0 unspecified atom stereocenters. The van der Waals surface area contributed by atoms with E-state index in [-0.39, 0.29) is 11.7 Å². The zero-order valence-corrected chi connectivity index (χ0v) is 14.2. The van der Waals surface area contributed by atoms with Crippen molar-refractivity contribution in [3.05, 3.63) is 53.3 Å². The average molecular weight is 345 g/mol. The van der Waals surface area contributed by atoms with Crippen LogP contribution in [0.2, 0.25) is 5.02 Å². The highest BCUT2D eigenvalue weighted by Gasteiger charge is 2.18. The molecular formula is C16H17ClN6O. The average Bonchev–Trinajstić information content (AvgIpc) is 3.21. The van der Waals surface area contributed by atoms with Gasteiger partial charge in [-0.05, 0) is 19.1 Å². The van der Waals surface area contributed by atoms with Crippen molar-refractivity contribution in [1.82, 2.24) is 24.5 Å². The number of carbonyl (C=O) groups excluding carboxylic acids is 1. The van der Waals surface area contributed by atoms with Gasteiger partial charge in [-0.1, -0.05) is 30.7 Å². The van der Waals surface area contributed by atoms with Crippen LogP contribution in [0.5, 0.6) is 0 Å². The molecule has 0 aliphatic heterocycles. The van der Waals surface area contributed by atoms with Gasteiger partial charge < -0.3 is 5.32 Å². The lowest BCUT2D eigenvalue weighted by Crippen LogP contribution is -2.14. The molecule has 7 nitrogen and oxygen atoms in total. The summed E-state index contributed by atoms with van der Waals surface area (Å²) >= 11 is 6.22. The lowest BCUT2D eigenvalue weighted by molar-refractivity contribution is 0.101. The molecule has 0 atom stereocenters. The number of para-hydroxylation sites is 1. The number of amides is 1. The Labute approximate surface area is 144 Å². The van der Waals surface area contributed by atoms with E-state index in [4.69, 9.17) is 11.6 Å². The molecule has 0 aliphatic carbocycles. The number of hydrogen-bond donors (Lipinski definition) is 1. The molecule has 1 amide bonds. The fourth-order valence-corrected chi connectivity index (χ4v) is 2.49. The van der Waals surface area contributed by atoms with E-state index < -0.39 is 0 Å². The molecule has 0 spiro atoms. The smallest absolute Gasteiger partial charge is 0.295 e. The van der Waals surface area contributed by atoms with Gasteiger partial charge in [0, 0.05) is 19.2 Å². The lowest BCUT2D eigenvalue weighted by Gasteiger charge is -2.05. The Hall–Kier alpha value is -2.67. The molecule has 0 radical (unpaired) electrons. The van der Waals surface area contributed by atoms with E-state index in [0.29, 0.717) is 28.6 Å². The van der Waals surface area contributed by atoms with Crippen molar-refractivity contribution in [1.29, 1.82) is 0 Å². The van der Waals surface area contributed by atoms with E-state index >= 15 is 0 Å². The van der Waals surface area contributed by atoms with Crippen LogP contribution in [0.1, 0.15) is 30.3 Å². The largest absolute Gasteiger partial charge is 0.316 e. The van der Waals surface area contributed by atoms with Gasteiger partial charge in [0.25, 0.3) is 5.91 Å². The molecule has 3 rings (SSSR count).